The number of halogens is 2. The Morgan fingerprint density at radius 1 is 1.19 bits per heavy atom. The molecule has 2 nitrogen and oxygen atoms in total. The van der Waals surface area contributed by atoms with Crippen LogP contribution in [0.5, 0.6) is 0 Å². The molecule has 21 heavy (non-hydrogen) atoms. The number of hydrogen-bond donors (Lipinski definition) is 1. The average molecular weight is 363 g/mol. The summed E-state index contributed by atoms with van der Waals surface area (Å²) in [4.78, 5) is 4.64. The van der Waals surface area contributed by atoms with E-state index >= 15 is 0 Å². The van der Waals surface area contributed by atoms with Crippen molar-refractivity contribution in [1.82, 2.24) is 4.98 Å². The molecule has 0 aliphatic heterocycles. The molecule has 2 aromatic carbocycles. The fraction of sp³-hybridized carbons (Fsp3) is 0.0625. The molecule has 5 heteroatoms. The largest absolute Gasteiger partial charge is 0.326 e. The smallest absolute Gasteiger partial charge is 0.125 e. The van der Waals surface area contributed by atoms with Gasteiger partial charge in [0.15, 0.2) is 0 Å². The molecule has 0 atom stereocenters. The Balaban J connectivity index is 1.99. The van der Waals surface area contributed by atoms with Crippen LogP contribution >= 0.6 is 27.3 Å². The second-order valence-electron chi connectivity index (χ2n) is 4.57. The number of rotatable bonds is 3. The van der Waals surface area contributed by atoms with Gasteiger partial charge in [0, 0.05) is 27.5 Å². The molecule has 1 heterocycles. The van der Waals surface area contributed by atoms with E-state index in [0.717, 1.165) is 27.4 Å². The van der Waals surface area contributed by atoms with Crippen LogP contribution in [0.25, 0.3) is 21.8 Å². The van der Waals surface area contributed by atoms with Crippen LogP contribution in [-0.4, -0.2) is 4.98 Å². The van der Waals surface area contributed by atoms with E-state index < -0.39 is 0 Å². The predicted octanol–water partition coefficient (Wildman–Crippen LogP) is 4.84. The minimum atomic E-state index is -0.266. The number of thiazole rings is 1. The first-order valence-corrected chi connectivity index (χ1v) is 8.05. The van der Waals surface area contributed by atoms with Crippen LogP contribution < -0.4 is 5.73 Å². The number of aromatic nitrogens is 1. The topological polar surface area (TPSA) is 38.9 Å². The lowest BCUT2D eigenvalue weighted by atomic mass is 10.1. The Morgan fingerprint density at radius 3 is 2.81 bits per heavy atom. The summed E-state index contributed by atoms with van der Waals surface area (Å²) < 4.78 is 13.9. The Bertz CT molecular complexity index is 785. The fourth-order valence-corrected chi connectivity index (χ4v) is 3.59. The number of nitrogens with zero attached hydrogens (tertiary/aromatic N) is 1. The van der Waals surface area contributed by atoms with Crippen molar-refractivity contribution in [2.75, 3.05) is 0 Å². The normalized spacial score (nSPS) is 10.8. The molecule has 2 N–H and O–H groups in total. The number of hydrogen-bond acceptors (Lipinski definition) is 3. The summed E-state index contributed by atoms with van der Waals surface area (Å²) in [5.41, 5.74) is 9.58. The second kappa shape index (κ2) is 6.05. The first-order chi connectivity index (χ1) is 10.2. The second-order valence-corrected chi connectivity index (χ2v) is 6.28. The summed E-state index contributed by atoms with van der Waals surface area (Å²) >= 11 is 4.92. The van der Waals surface area contributed by atoms with Gasteiger partial charge in [-0.15, -0.1) is 11.3 Å². The molecule has 0 aliphatic rings. The van der Waals surface area contributed by atoms with Crippen molar-refractivity contribution >= 4 is 27.3 Å². The van der Waals surface area contributed by atoms with Gasteiger partial charge in [0.1, 0.15) is 10.8 Å². The molecular weight excluding hydrogens is 351 g/mol. The third-order valence-electron chi connectivity index (χ3n) is 3.12. The van der Waals surface area contributed by atoms with E-state index in [1.54, 1.807) is 6.07 Å². The van der Waals surface area contributed by atoms with E-state index in [4.69, 9.17) is 5.73 Å². The monoisotopic (exact) mass is 362 g/mol. The molecule has 0 unspecified atom stereocenters. The van der Waals surface area contributed by atoms with Crippen molar-refractivity contribution in [1.29, 1.82) is 0 Å². The van der Waals surface area contributed by atoms with Gasteiger partial charge in [0.2, 0.25) is 0 Å². The highest BCUT2D eigenvalue weighted by Crippen LogP contribution is 2.33. The molecular formula is C16H12BrFN2S. The van der Waals surface area contributed by atoms with Gasteiger partial charge in [-0.25, -0.2) is 9.37 Å². The van der Waals surface area contributed by atoms with Crippen molar-refractivity contribution in [3.63, 3.8) is 0 Å². The molecule has 0 saturated heterocycles. The van der Waals surface area contributed by atoms with Crippen molar-refractivity contribution in [3.8, 4) is 21.8 Å². The predicted molar refractivity (Wildman–Crippen MR) is 88.5 cm³/mol. The SMILES string of the molecule is NCc1cccc(-c2csc(-c3ccc(F)cc3Br)n2)c1. The zero-order valence-electron chi connectivity index (χ0n) is 11.0. The van der Waals surface area contributed by atoms with E-state index in [1.165, 1.54) is 23.5 Å². The van der Waals surface area contributed by atoms with Gasteiger partial charge < -0.3 is 5.73 Å². The minimum absolute atomic E-state index is 0.266. The van der Waals surface area contributed by atoms with E-state index in [0.29, 0.717) is 11.0 Å². The van der Waals surface area contributed by atoms with Gasteiger partial charge in [0.05, 0.1) is 5.69 Å². The summed E-state index contributed by atoms with van der Waals surface area (Å²) in [6.07, 6.45) is 0. The molecule has 0 spiro atoms. The maximum absolute atomic E-state index is 13.2. The molecule has 3 rings (SSSR count). The average Bonchev–Trinajstić information content (AvgIpc) is 2.97. The quantitative estimate of drug-likeness (QED) is 0.723. The van der Waals surface area contributed by atoms with Gasteiger partial charge in [0.25, 0.3) is 0 Å². The summed E-state index contributed by atoms with van der Waals surface area (Å²) in [6, 6.07) is 12.6. The van der Waals surface area contributed by atoms with Gasteiger partial charge >= 0.3 is 0 Å². The van der Waals surface area contributed by atoms with E-state index in [1.807, 2.05) is 29.6 Å². The first kappa shape index (κ1) is 14.4. The van der Waals surface area contributed by atoms with Crippen LogP contribution in [0.15, 0.2) is 52.3 Å². The van der Waals surface area contributed by atoms with Crippen molar-refractivity contribution in [2.24, 2.45) is 5.73 Å². The molecule has 0 fully saturated rings. The summed E-state index contributed by atoms with van der Waals surface area (Å²) in [5, 5.41) is 2.86. The van der Waals surface area contributed by atoms with Crippen molar-refractivity contribution < 1.29 is 4.39 Å². The highest BCUT2D eigenvalue weighted by molar-refractivity contribution is 9.10. The van der Waals surface area contributed by atoms with Crippen LogP contribution in [0, 0.1) is 5.82 Å². The third kappa shape index (κ3) is 3.05. The highest BCUT2D eigenvalue weighted by atomic mass is 79.9. The van der Waals surface area contributed by atoms with E-state index in [9.17, 15) is 4.39 Å². The molecule has 106 valence electrons. The molecule has 3 aromatic rings. The van der Waals surface area contributed by atoms with Crippen LogP contribution in [0.3, 0.4) is 0 Å². The van der Waals surface area contributed by atoms with Gasteiger partial charge in [-0.05, 0) is 45.8 Å². The third-order valence-corrected chi connectivity index (χ3v) is 4.66. The molecule has 0 bridgehead atoms. The first-order valence-electron chi connectivity index (χ1n) is 6.37. The Labute approximate surface area is 134 Å². The Kier molecular flexibility index (Phi) is 4.14. The fourth-order valence-electron chi connectivity index (χ4n) is 2.05. The standard InChI is InChI=1S/C16H12BrFN2S/c17-14-7-12(18)4-5-13(14)16-20-15(9-21-16)11-3-1-2-10(6-11)8-19/h1-7,9H,8,19H2. The molecule has 0 amide bonds. The number of nitrogens with two attached hydrogens (primary N) is 1. The van der Waals surface area contributed by atoms with E-state index in [2.05, 4.69) is 20.9 Å². The lowest BCUT2D eigenvalue weighted by Crippen LogP contribution is -1.95. The Hall–Kier alpha value is -1.56. The maximum Gasteiger partial charge on any atom is 0.125 e. The Morgan fingerprint density at radius 2 is 2.05 bits per heavy atom. The number of benzene rings is 2. The van der Waals surface area contributed by atoms with Crippen LogP contribution in [-0.2, 0) is 6.54 Å². The maximum atomic E-state index is 13.2. The van der Waals surface area contributed by atoms with Gasteiger partial charge in [-0.2, -0.15) is 0 Å². The zero-order valence-corrected chi connectivity index (χ0v) is 13.4. The zero-order chi connectivity index (χ0) is 14.8. The van der Waals surface area contributed by atoms with Gasteiger partial charge in [-0.3, -0.25) is 0 Å². The molecule has 0 radical (unpaired) electrons. The lowest BCUT2D eigenvalue weighted by molar-refractivity contribution is 0.627. The van der Waals surface area contributed by atoms with Gasteiger partial charge in [-0.1, -0.05) is 18.2 Å². The molecule has 1 aromatic heterocycles. The molecule has 0 aliphatic carbocycles. The highest BCUT2D eigenvalue weighted by Gasteiger charge is 2.10. The van der Waals surface area contributed by atoms with E-state index in [-0.39, 0.29) is 5.82 Å². The van der Waals surface area contributed by atoms with Crippen molar-refractivity contribution in [2.45, 2.75) is 6.54 Å². The minimum Gasteiger partial charge on any atom is -0.326 e. The lowest BCUT2D eigenvalue weighted by Gasteiger charge is -2.01. The van der Waals surface area contributed by atoms with Crippen LogP contribution in [0.4, 0.5) is 4.39 Å². The molecule has 0 saturated carbocycles. The van der Waals surface area contributed by atoms with Crippen LogP contribution in [0.1, 0.15) is 5.56 Å². The van der Waals surface area contributed by atoms with Crippen LogP contribution in [0.2, 0.25) is 0 Å². The summed E-state index contributed by atoms with van der Waals surface area (Å²) in [7, 11) is 0. The summed E-state index contributed by atoms with van der Waals surface area (Å²) in [6.45, 7) is 0.508. The van der Waals surface area contributed by atoms with Crippen molar-refractivity contribution in [3.05, 3.63) is 63.7 Å². The summed E-state index contributed by atoms with van der Waals surface area (Å²) in [5.74, 6) is -0.266.